The van der Waals surface area contributed by atoms with Crippen LogP contribution in [0.15, 0.2) is 24.3 Å². The average Bonchev–Trinajstić information content (AvgIpc) is 2.69. The van der Waals surface area contributed by atoms with E-state index in [0.29, 0.717) is 55.0 Å². The number of hydrogen-bond acceptors (Lipinski definition) is 6. The van der Waals surface area contributed by atoms with Crippen LogP contribution in [0.4, 0.5) is 17.5 Å². The Morgan fingerprint density at radius 1 is 1.11 bits per heavy atom. The molecule has 1 amide bonds. The van der Waals surface area contributed by atoms with Crippen molar-refractivity contribution < 1.29 is 9.59 Å². The lowest BCUT2D eigenvalue weighted by Crippen LogP contribution is -2.46. The number of piperazine rings is 1. The lowest BCUT2D eigenvalue weighted by atomic mass is 9.87. The lowest BCUT2D eigenvalue weighted by Gasteiger charge is -2.33. The van der Waals surface area contributed by atoms with Crippen molar-refractivity contribution in [1.82, 2.24) is 14.9 Å². The fourth-order valence-electron chi connectivity index (χ4n) is 3.68. The van der Waals surface area contributed by atoms with E-state index in [2.05, 4.69) is 17.1 Å². The van der Waals surface area contributed by atoms with Gasteiger partial charge in [-0.3, -0.25) is 9.59 Å². The molecule has 1 aromatic carbocycles. The van der Waals surface area contributed by atoms with Gasteiger partial charge in [0.05, 0.1) is 11.3 Å². The summed E-state index contributed by atoms with van der Waals surface area (Å²) in [4.78, 5) is 36.9. The number of Topliss-reactive ketones (excluding diaryl/α,β-unsaturated/α-hetero) is 1. The van der Waals surface area contributed by atoms with Crippen LogP contribution in [0.3, 0.4) is 0 Å². The van der Waals surface area contributed by atoms with Crippen LogP contribution in [-0.2, 0) is 11.2 Å². The fourth-order valence-corrected chi connectivity index (χ4v) is 3.81. The standard InChI is InChI=1S/C20H22ClN5O2/c1-13-10-16-18(17(28)11-13)19(22-15-4-2-14(21)3-5-15)24-20(23-16)26-8-6-25(12-27)7-9-26/h2-5,12-13H,6-11H2,1H3,(H,22,23,24). The minimum absolute atomic E-state index is 0.0718. The minimum Gasteiger partial charge on any atom is -0.342 e. The molecule has 1 aliphatic heterocycles. The van der Waals surface area contributed by atoms with Crippen molar-refractivity contribution in [1.29, 1.82) is 0 Å². The number of nitrogens with one attached hydrogen (secondary N) is 1. The normalized spacial score (nSPS) is 19.4. The van der Waals surface area contributed by atoms with Gasteiger partial charge in [-0.15, -0.1) is 0 Å². The molecule has 7 nitrogen and oxygen atoms in total. The lowest BCUT2D eigenvalue weighted by molar-refractivity contribution is -0.118. The molecule has 1 atom stereocenters. The number of nitrogens with zero attached hydrogens (tertiary/aromatic N) is 4. The topological polar surface area (TPSA) is 78.4 Å². The number of aromatic nitrogens is 2. The van der Waals surface area contributed by atoms with Gasteiger partial charge in [0.2, 0.25) is 12.4 Å². The summed E-state index contributed by atoms with van der Waals surface area (Å²) in [7, 11) is 0. The molecule has 0 radical (unpaired) electrons. The second kappa shape index (κ2) is 7.75. The van der Waals surface area contributed by atoms with E-state index in [-0.39, 0.29) is 11.7 Å². The van der Waals surface area contributed by atoms with Crippen LogP contribution in [0.25, 0.3) is 0 Å². The second-order valence-electron chi connectivity index (χ2n) is 7.39. The highest BCUT2D eigenvalue weighted by Gasteiger charge is 2.30. The summed E-state index contributed by atoms with van der Waals surface area (Å²) in [6, 6.07) is 7.30. The third-order valence-corrected chi connectivity index (χ3v) is 5.43. The number of ketones is 1. The van der Waals surface area contributed by atoms with Gasteiger partial charge >= 0.3 is 0 Å². The molecule has 1 aromatic heterocycles. The predicted octanol–water partition coefficient (Wildman–Crippen LogP) is 2.92. The van der Waals surface area contributed by atoms with Crippen molar-refractivity contribution >= 4 is 41.2 Å². The molecule has 4 rings (SSSR count). The molecule has 0 spiro atoms. The number of hydrogen-bond donors (Lipinski definition) is 1. The molecule has 2 aromatic rings. The van der Waals surface area contributed by atoms with Gasteiger partial charge in [-0.05, 0) is 36.6 Å². The van der Waals surface area contributed by atoms with Crippen molar-refractivity contribution in [3.8, 4) is 0 Å². The maximum atomic E-state index is 12.7. The molecule has 146 valence electrons. The van der Waals surface area contributed by atoms with E-state index in [1.54, 1.807) is 17.0 Å². The number of rotatable bonds is 4. The van der Waals surface area contributed by atoms with Crippen LogP contribution in [0.2, 0.25) is 5.02 Å². The molecule has 2 aliphatic rings. The van der Waals surface area contributed by atoms with E-state index in [4.69, 9.17) is 21.6 Å². The Morgan fingerprint density at radius 3 is 2.50 bits per heavy atom. The van der Waals surface area contributed by atoms with Crippen LogP contribution < -0.4 is 10.2 Å². The number of carbonyl (C=O) groups is 2. The molecule has 2 heterocycles. The van der Waals surface area contributed by atoms with E-state index >= 15 is 0 Å². The molecular formula is C20H22ClN5O2. The number of anilines is 3. The van der Waals surface area contributed by atoms with E-state index < -0.39 is 0 Å². The highest BCUT2D eigenvalue weighted by atomic mass is 35.5. The van der Waals surface area contributed by atoms with Gasteiger partial charge in [0.1, 0.15) is 5.82 Å². The quantitative estimate of drug-likeness (QED) is 0.796. The molecule has 1 aliphatic carbocycles. The van der Waals surface area contributed by atoms with Gasteiger partial charge in [-0.2, -0.15) is 4.98 Å². The van der Waals surface area contributed by atoms with Gasteiger partial charge < -0.3 is 15.1 Å². The van der Waals surface area contributed by atoms with Crippen LogP contribution in [0.5, 0.6) is 0 Å². The second-order valence-corrected chi connectivity index (χ2v) is 7.83. The van der Waals surface area contributed by atoms with E-state index in [0.717, 1.165) is 24.2 Å². The van der Waals surface area contributed by atoms with Crippen molar-refractivity contribution in [3.63, 3.8) is 0 Å². The molecule has 1 saturated heterocycles. The minimum atomic E-state index is 0.0718. The molecule has 1 unspecified atom stereocenters. The molecule has 8 heteroatoms. The first-order valence-corrected chi connectivity index (χ1v) is 9.82. The summed E-state index contributed by atoms with van der Waals surface area (Å²) >= 11 is 5.98. The first-order chi connectivity index (χ1) is 13.5. The predicted molar refractivity (Wildman–Crippen MR) is 108 cm³/mol. The third kappa shape index (κ3) is 3.80. The number of halogens is 1. The summed E-state index contributed by atoms with van der Waals surface area (Å²) in [5, 5.41) is 3.93. The molecule has 1 N–H and O–H groups in total. The monoisotopic (exact) mass is 399 g/mol. The summed E-state index contributed by atoms with van der Waals surface area (Å²) in [5.74, 6) is 1.47. The Bertz CT molecular complexity index is 894. The van der Waals surface area contributed by atoms with Crippen molar-refractivity contribution in [2.75, 3.05) is 36.4 Å². The first kappa shape index (κ1) is 18.7. The zero-order valence-corrected chi connectivity index (χ0v) is 16.4. The van der Waals surface area contributed by atoms with E-state index in [9.17, 15) is 9.59 Å². The fraction of sp³-hybridized carbons (Fsp3) is 0.400. The number of fused-ring (bicyclic) bond motifs is 1. The van der Waals surface area contributed by atoms with Gasteiger partial charge in [0.15, 0.2) is 5.78 Å². The summed E-state index contributed by atoms with van der Waals surface area (Å²) in [5.41, 5.74) is 2.19. The van der Waals surface area contributed by atoms with Crippen LogP contribution >= 0.6 is 11.6 Å². The molecule has 28 heavy (non-hydrogen) atoms. The zero-order valence-electron chi connectivity index (χ0n) is 15.7. The number of benzene rings is 1. The molecule has 1 fully saturated rings. The van der Waals surface area contributed by atoms with E-state index in [1.165, 1.54) is 0 Å². The van der Waals surface area contributed by atoms with Crippen molar-refractivity contribution in [2.24, 2.45) is 5.92 Å². The number of amides is 1. The van der Waals surface area contributed by atoms with Crippen LogP contribution in [0, 0.1) is 5.92 Å². The van der Waals surface area contributed by atoms with Crippen LogP contribution in [0.1, 0.15) is 29.4 Å². The van der Waals surface area contributed by atoms with Gasteiger partial charge in [0.25, 0.3) is 0 Å². The average molecular weight is 400 g/mol. The Hall–Kier alpha value is -2.67. The van der Waals surface area contributed by atoms with Gasteiger partial charge in [-0.1, -0.05) is 18.5 Å². The van der Waals surface area contributed by atoms with Gasteiger partial charge in [0, 0.05) is 43.3 Å². The SMILES string of the molecule is CC1CC(=O)c2c(nc(N3CCN(C=O)CC3)nc2Nc2ccc(Cl)cc2)C1. The first-order valence-electron chi connectivity index (χ1n) is 9.44. The van der Waals surface area contributed by atoms with Crippen LogP contribution in [-0.4, -0.2) is 53.2 Å². The Kier molecular flexibility index (Phi) is 5.17. The summed E-state index contributed by atoms with van der Waals surface area (Å²) in [6.07, 6.45) is 2.13. The largest absolute Gasteiger partial charge is 0.342 e. The summed E-state index contributed by atoms with van der Waals surface area (Å²) in [6.45, 7) is 4.68. The molecule has 0 bridgehead atoms. The maximum Gasteiger partial charge on any atom is 0.227 e. The third-order valence-electron chi connectivity index (χ3n) is 5.18. The highest BCUT2D eigenvalue weighted by Crippen LogP contribution is 2.32. The maximum absolute atomic E-state index is 12.7. The summed E-state index contributed by atoms with van der Waals surface area (Å²) < 4.78 is 0. The van der Waals surface area contributed by atoms with Crippen molar-refractivity contribution in [3.05, 3.63) is 40.5 Å². The van der Waals surface area contributed by atoms with Crippen molar-refractivity contribution in [2.45, 2.75) is 19.8 Å². The zero-order chi connectivity index (χ0) is 19.7. The Morgan fingerprint density at radius 2 is 1.82 bits per heavy atom. The number of carbonyl (C=O) groups excluding carboxylic acids is 2. The smallest absolute Gasteiger partial charge is 0.227 e. The molecule has 0 saturated carbocycles. The van der Waals surface area contributed by atoms with Gasteiger partial charge in [-0.25, -0.2) is 4.98 Å². The molecular weight excluding hydrogens is 378 g/mol. The Labute approximate surface area is 168 Å². The van der Waals surface area contributed by atoms with E-state index in [1.807, 2.05) is 12.1 Å². The Balaban J connectivity index is 1.70. The highest BCUT2D eigenvalue weighted by molar-refractivity contribution is 6.30.